The molecular formula is C16H10Cl2N2O2S. The Hall–Kier alpha value is -1.95. The Kier molecular flexibility index (Phi) is 4.35. The molecule has 1 aliphatic heterocycles. The molecule has 0 aliphatic carbocycles. The molecule has 0 atom stereocenters. The fourth-order valence-electron chi connectivity index (χ4n) is 2.34. The molecule has 0 N–H and O–H groups in total. The minimum absolute atomic E-state index is 0.0794. The molecule has 0 aromatic heterocycles. The van der Waals surface area contributed by atoms with Crippen LogP contribution >= 0.6 is 35.4 Å². The molecule has 3 rings (SSSR count). The SMILES string of the molecule is O=C1CC(=O)N(c2cccc(Cl)c2)C(=S)N1c1cccc(Cl)c1. The van der Waals surface area contributed by atoms with Crippen molar-refractivity contribution in [1.82, 2.24) is 0 Å². The highest BCUT2D eigenvalue weighted by Gasteiger charge is 2.36. The summed E-state index contributed by atoms with van der Waals surface area (Å²) >= 11 is 17.3. The van der Waals surface area contributed by atoms with Crippen molar-refractivity contribution in [3.8, 4) is 0 Å². The summed E-state index contributed by atoms with van der Waals surface area (Å²) in [5.74, 6) is -0.777. The zero-order valence-corrected chi connectivity index (χ0v) is 14.0. The standard InChI is InChI=1S/C16H10Cl2N2O2S/c17-10-3-1-5-12(7-10)19-14(21)9-15(22)20(16(19)23)13-6-2-4-11(18)8-13/h1-8H,9H2. The van der Waals surface area contributed by atoms with E-state index in [0.29, 0.717) is 21.4 Å². The van der Waals surface area contributed by atoms with Crippen molar-refractivity contribution < 1.29 is 9.59 Å². The van der Waals surface area contributed by atoms with E-state index >= 15 is 0 Å². The van der Waals surface area contributed by atoms with Gasteiger partial charge in [-0.25, -0.2) is 0 Å². The van der Waals surface area contributed by atoms with Crippen molar-refractivity contribution in [2.45, 2.75) is 6.42 Å². The average Bonchev–Trinajstić information content (AvgIpc) is 2.47. The van der Waals surface area contributed by atoms with E-state index in [4.69, 9.17) is 35.4 Å². The van der Waals surface area contributed by atoms with Gasteiger partial charge in [0.2, 0.25) is 11.8 Å². The molecule has 0 bridgehead atoms. The van der Waals surface area contributed by atoms with Crippen molar-refractivity contribution in [2.24, 2.45) is 0 Å². The quantitative estimate of drug-likeness (QED) is 0.596. The number of halogens is 2. The maximum Gasteiger partial charge on any atom is 0.242 e. The first kappa shape index (κ1) is 15.9. The second-order valence-electron chi connectivity index (χ2n) is 4.88. The third-order valence-corrected chi connectivity index (χ3v) is 4.15. The molecule has 2 amide bonds. The van der Waals surface area contributed by atoms with Crippen LogP contribution in [-0.2, 0) is 9.59 Å². The molecule has 7 heteroatoms. The number of nitrogens with zero attached hydrogens (tertiary/aromatic N) is 2. The molecule has 116 valence electrons. The lowest BCUT2D eigenvalue weighted by molar-refractivity contribution is -0.126. The zero-order chi connectivity index (χ0) is 16.6. The van der Waals surface area contributed by atoms with E-state index in [2.05, 4.69) is 0 Å². The van der Waals surface area contributed by atoms with Gasteiger partial charge in [-0.15, -0.1) is 0 Å². The average molecular weight is 365 g/mol. The zero-order valence-electron chi connectivity index (χ0n) is 11.7. The van der Waals surface area contributed by atoms with Crippen LogP contribution in [0.25, 0.3) is 0 Å². The van der Waals surface area contributed by atoms with E-state index in [1.54, 1.807) is 48.5 Å². The largest absolute Gasteiger partial charge is 0.273 e. The van der Waals surface area contributed by atoms with Gasteiger partial charge in [0.1, 0.15) is 6.42 Å². The van der Waals surface area contributed by atoms with E-state index in [1.165, 1.54) is 9.80 Å². The summed E-state index contributed by atoms with van der Waals surface area (Å²) < 4.78 is 0. The van der Waals surface area contributed by atoms with Gasteiger partial charge in [-0.05, 0) is 48.6 Å². The fourth-order valence-corrected chi connectivity index (χ4v) is 3.12. The predicted molar refractivity (Wildman–Crippen MR) is 95.1 cm³/mol. The molecule has 1 heterocycles. The summed E-state index contributed by atoms with van der Waals surface area (Å²) in [5, 5.41) is 1.03. The van der Waals surface area contributed by atoms with E-state index in [9.17, 15) is 9.59 Å². The van der Waals surface area contributed by atoms with Crippen molar-refractivity contribution in [3.63, 3.8) is 0 Å². The molecule has 1 saturated heterocycles. The van der Waals surface area contributed by atoms with E-state index < -0.39 is 0 Å². The van der Waals surface area contributed by atoms with Crippen LogP contribution in [-0.4, -0.2) is 16.9 Å². The Morgan fingerprint density at radius 1 is 0.826 bits per heavy atom. The number of rotatable bonds is 2. The molecular weight excluding hydrogens is 355 g/mol. The van der Waals surface area contributed by atoms with Crippen LogP contribution < -0.4 is 9.80 Å². The van der Waals surface area contributed by atoms with Crippen molar-refractivity contribution in [2.75, 3.05) is 9.80 Å². The number of benzene rings is 2. The van der Waals surface area contributed by atoms with Gasteiger partial charge in [0.05, 0.1) is 11.4 Å². The lowest BCUT2D eigenvalue weighted by Gasteiger charge is -2.35. The second kappa shape index (κ2) is 6.28. The predicted octanol–water partition coefficient (Wildman–Crippen LogP) is 4.05. The Balaban J connectivity index is 2.04. The molecule has 23 heavy (non-hydrogen) atoms. The molecule has 1 fully saturated rings. The normalized spacial score (nSPS) is 15.3. The van der Waals surface area contributed by atoms with Gasteiger partial charge in [-0.2, -0.15) is 0 Å². The van der Waals surface area contributed by atoms with Crippen molar-refractivity contribution in [1.29, 1.82) is 0 Å². The van der Waals surface area contributed by atoms with Gasteiger partial charge in [-0.3, -0.25) is 19.4 Å². The number of anilines is 2. The highest BCUT2D eigenvalue weighted by Crippen LogP contribution is 2.29. The van der Waals surface area contributed by atoms with Gasteiger partial charge >= 0.3 is 0 Å². The number of amides is 2. The molecule has 4 nitrogen and oxygen atoms in total. The first-order valence-corrected chi connectivity index (χ1v) is 7.85. The van der Waals surface area contributed by atoms with Crippen LogP contribution in [0.5, 0.6) is 0 Å². The lowest BCUT2D eigenvalue weighted by atomic mass is 10.2. The first-order chi connectivity index (χ1) is 11.0. The van der Waals surface area contributed by atoms with E-state index in [-0.39, 0.29) is 23.3 Å². The maximum atomic E-state index is 12.3. The van der Waals surface area contributed by atoms with E-state index in [1.807, 2.05) is 0 Å². The monoisotopic (exact) mass is 364 g/mol. The molecule has 0 unspecified atom stereocenters. The van der Waals surface area contributed by atoms with E-state index in [0.717, 1.165) is 0 Å². The highest BCUT2D eigenvalue weighted by molar-refractivity contribution is 7.81. The fraction of sp³-hybridized carbons (Fsp3) is 0.0625. The van der Waals surface area contributed by atoms with Crippen LogP contribution in [0, 0.1) is 0 Å². The van der Waals surface area contributed by atoms with Crippen molar-refractivity contribution in [3.05, 3.63) is 58.6 Å². The summed E-state index contributed by atoms with van der Waals surface area (Å²) in [7, 11) is 0. The minimum Gasteiger partial charge on any atom is -0.273 e. The smallest absolute Gasteiger partial charge is 0.242 e. The molecule has 0 spiro atoms. The number of hydrogen-bond acceptors (Lipinski definition) is 3. The lowest BCUT2D eigenvalue weighted by Crippen LogP contribution is -2.55. The Morgan fingerprint density at radius 2 is 1.26 bits per heavy atom. The molecule has 2 aromatic carbocycles. The summed E-state index contributed by atoms with van der Waals surface area (Å²) in [6.07, 6.45) is -0.279. The summed E-state index contributed by atoms with van der Waals surface area (Å²) in [6, 6.07) is 13.5. The topological polar surface area (TPSA) is 40.6 Å². The minimum atomic E-state index is -0.388. The molecule has 1 aliphatic rings. The molecule has 0 radical (unpaired) electrons. The van der Waals surface area contributed by atoms with Gasteiger partial charge < -0.3 is 0 Å². The summed E-state index contributed by atoms with van der Waals surface area (Å²) in [4.78, 5) is 27.2. The Labute approximate surface area is 148 Å². The maximum absolute atomic E-state index is 12.3. The van der Waals surface area contributed by atoms with Crippen LogP contribution in [0.3, 0.4) is 0 Å². The highest BCUT2D eigenvalue weighted by atomic mass is 35.5. The van der Waals surface area contributed by atoms with Gasteiger partial charge in [0.25, 0.3) is 0 Å². The van der Waals surface area contributed by atoms with Crippen molar-refractivity contribution >= 4 is 63.7 Å². The number of thiocarbonyl (C=S) groups is 1. The Bertz CT molecular complexity index is 760. The van der Waals surface area contributed by atoms with Crippen LogP contribution in [0.4, 0.5) is 11.4 Å². The van der Waals surface area contributed by atoms with Crippen LogP contribution in [0.15, 0.2) is 48.5 Å². The molecule has 2 aromatic rings. The Morgan fingerprint density at radius 3 is 1.65 bits per heavy atom. The summed E-state index contributed by atoms with van der Waals surface area (Å²) in [5.41, 5.74) is 1.04. The van der Waals surface area contributed by atoms with Crippen LogP contribution in [0.1, 0.15) is 6.42 Å². The second-order valence-corrected chi connectivity index (χ2v) is 6.12. The van der Waals surface area contributed by atoms with Gasteiger partial charge in [0, 0.05) is 10.0 Å². The third-order valence-electron chi connectivity index (χ3n) is 3.32. The first-order valence-electron chi connectivity index (χ1n) is 6.68. The van der Waals surface area contributed by atoms with Gasteiger partial charge in [-0.1, -0.05) is 35.3 Å². The number of carbonyl (C=O) groups is 2. The van der Waals surface area contributed by atoms with Crippen LogP contribution in [0.2, 0.25) is 10.0 Å². The number of hydrogen-bond donors (Lipinski definition) is 0. The molecule has 0 saturated carbocycles. The third kappa shape index (κ3) is 3.08. The summed E-state index contributed by atoms with van der Waals surface area (Å²) in [6.45, 7) is 0. The number of carbonyl (C=O) groups excluding carboxylic acids is 2. The van der Waals surface area contributed by atoms with Gasteiger partial charge in [0.15, 0.2) is 5.11 Å².